The molecule has 0 saturated heterocycles. The zero-order chi connectivity index (χ0) is 15.9. The van der Waals surface area contributed by atoms with Crippen LogP contribution in [0.2, 0.25) is 0 Å². The molecule has 0 atom stereocenters. The Morgan fingerprint density at radius 2 is 1.59 bits per heavy atom. The van der Waals surface area contributed by atoms with E-state index in [1.165, 1.54) is 29.8 Å². The van der Waals surface area contributed by atoms with Gasteiger partial charge in [0.05, 0.1) is 5.56 Å². The van der Waals surface area contributed by atoms with Gasteiger partial charge in [0.15, 0.2) is 0 Å². The lowest BCUT2D eigenvalue weighted by atomic mass is 10.1. The molecule has 0 aromatic heterocycles. The molecule has 2 aromatic rings. The average molecular weight is 306 g/mol. The summed E-state index contributed by atoms with van der Waals surface area (Å²) in [6, 6.07) is 12.6. The van der Waals surface area contributed by atoms with Crippen molar-refractivity contribution in [3.8, 4) is 11.5 Å². The molecule has 0 amide bonds. The molecule has 0 bridgehead atoms. The monoisotopic (exact) mass is 306 g/mol. The van der Waals surface area contributed by atoms with Crippen LogP contribution in [0.5, 0.6) is 11.5 Å². The molecule has 22 heavy (non-hydrogen) atoms. The van der Waals surface area contributed by atoms with Crippen LogP contribution in [0.3, 0.4) is 0 Å². The standard InChI is InChI=1S/C17H16F2O3/c1-2-3-12-4-8-14(9-5-12)21-16(20)13-6-10-15(11-7-13)22-17(18)19/h4-11,17H,2-3H2,1H3. The first-order valence-electron chi connectivity index (χ1n) is 6.94. The Morgan fingerprint density at radius 3 is 2.14 bits per heavy atom. The molecule has 0 aliphatic carbocycles. The number of alkyl halides is 2. The molecule has 5 heteroatoms. The number of hydrogen-bond acceptors (Lipinski definition) is 3. The number of carbonyl (C=O) groups excluding carboxylic acids is 1. The van der Waals surface area contributed by atoms with Crippen molar-refractivity contribution in [2.75, 3.05) is 0 Å². The maximum absolute atomic E-state index is 12.0. The van der Waals surface area contributed by atoms with Gasteiger partial charge in [-0.3, -0.25) is 0 Å². The third-order valence-electron chi connectivity index (χ3n) is 2.99. The van der Waals surface area contributed by atoms with Crippen molar-refractivity contribution in [3.05, 3.63) is 59.7 Å². The van der Waals surface area contributed by atoms with Gasteiger partial charge in [0.2, 0.25) is 0 Å². The van der Waals surface area contributed by atoms with Gasteiger partial charge >= 0.3 is 12.6 Å². The Hall–Kier alpha value is -2.43. The first-order valence-corrected chi connectivity index (χ1v) is 6.94. The Morgan fingerprint density at radius 1 is 1.00 bits per heavy atom. The highest BCUT2D eigenvalue weighted by Gasteiger charge is 2.10. The van der Waals surface area contributed by atoms with Crippen molar-refractivity contribution in [3.63, 3.8) is 0 Å². The Balaban J connectivity index is 1.99. The Bertz CT molecular complexity index is 607. The van der Waals surface area contributed by atoms with E-state index < -0.39 is 12.6 Å². The SMILES string of the molecule is CCCc1ccc(OC(=O)c2ccc(OC(F)F)cc2)cc1. The molecule has 3 nitrogen and oxygen atoms in total. The van der Waals surface area contributed by atoms with Crippen LogP contribution < -0.4 is 9.47 Å². The molecule has 0 heterocycles. The number of ether oxygens (including phenoxy) is 2. The fourth-order valence-corrected chi connectivity index (χ4v) is 1.95. The second-order valence-corrected chi connectivity index (χ2v) is 4.69. The summed E-state index contributed by atoms with van der Waals surface area (Å²) in [5, 5.41) is 0. The number of halogens is 2. The van der Waals surface area contributed by atoms with Crippen LogP contribution in [0.25, 0.3) is 0 Å². The molecule has 2 aromatic carbocycles. The second kappa shape index (κ2) is 7.54. The summed E-state index contributed by atoms with van der Waals surface area (Å²) in [6.07, 6.45) is 2.02. The van der Waals surface area contributed by atoms with Crippen molar-refractivity contribution in [2.45, 2.75) is 26.4 Å². The third kappa shape index (κ3) is 4.55. The topological polar surface area (TPSA) is 35.5 Å². The summed E-state index contributed by atoms with van der Waals surface area (Å²) >= 11 is 0. The molecule has 0 unspecified atom stereocenters. The predicted molar refractivity (Wildman–Crippen MR) is 78.5 cm³/mol. The molecule has 0 aliphatic rings. The van der Waals surface area contributed by atoms with Gasteiger partial charge in [-0.05, 0) is 48.4 Å². The van der Waals surface area contributed by atoms with Gasteiger partial charge in [-0.25, -0.2) is 4.79 Å². The zero-order valence-electron chi connectivity index (χ0n) is 12.1. The first-order chi connectivity index (χ1) is 10.6. The minimum atomic E-state index is -2.89. The maximum Gasteiger partial charge on any atom is 0.387 e. The van der Waals surface area contributed by atoms with E-state index in [9.17, 15) is 13.6 Å². The van der Waals surface area contributed by atoms with Gasteiger partial charge in [-0.1, -0.05) is 25.5 Å². The van der Waals surface area contributed by atoms with Crippen LogP contribution in [-0.4, -0.2) is 12.6 Å². The summed E-state index contributed by atoms with van der Waals surface area (Å²) in [6.45, 7) is -0.797. The summed E-state index contributed by atoms with van der Waals surface area (Å²) in [5.74, 6) is -0.111. The van der Waals surface area contributed by atoms with Crippen LogP contribution in [0.1, 0.15) is 29.3 Å². The van der Waals surface area contributed by atoms with Crippen molar-refractivity contribution >= 4 is 5.97 Å². The molecule has 0 spiro atoms. The summed E-state index contributed by atoms with van der Waals surface area (Å²) in [7, 11) is 0. The number of aryl methyl sites for hydroxylation is 1. The number of carbonyl (C=O) groups is 1. The van der Waals surface area contributed by atoms with Crippen molar-refractivity contribution in [2.24, 2.45) is 0 Å². The molecule has 0 N–H and O–H groups in total. The fourth-order valence-electron chi connectivity index (χ4n) is 1.95. The minimum absolute atomic E-state index is 0.00420. The van der Waals surface area contributed by atoms with Crippen LogP contribution in [0.15, 0.2) is 48.5 Å². The summed E-state index contributed by atoms with van der Waals surface area (Å²) in [5.41, 5.74) is 1.44. The van der Waals surface area contributed by atoms with E-state index in [4.69, 9.17) is 4.74 Å². The largest absolute Gasteiger partial charge is 0.435 e. The van der Waals surface area contributed by atoms with Crippen LogP contribution in [0, 0.1) is 0 Å². The number of benzene rings is 2. The first kappa shape index (κ1) is 15.9. The molecular formula is C17H16F2O3. The molecule has 0 fully saturated rings. The predicted octanol–water partition coefficient (Wildman–Crippen LogP) is 4.46. The highest BCUT2D eigenvalue weighted by atomic mass is 19.3. The second-order valence-electron chi connectivity index (χ2n) is 4.69. The van der Waals surface area contributed by atoms with Gasteiger partial charge in [-0.2, -0.15) is 8.78 Å². The molecule has 0 aliphatic heterocycles. The number of esters is 1. The summed E-state index contributed by atoms with van der Waals surface area (Å²) < 4.78 is 33.5. The van der Waals surface area contributed by atoms with Crippen LogP contribution in [-0.2, 0) is 6.42 Å². The lowest BCUT2D eigenvalue weighted by Crippen LogP contribution is -2.08. The Kier molecular flexibility index (Phi) is 5.47. The maximum atomic E-state index is 12.0. The smallest absolute Gasteiger partial charge is 0.387 e. The quantitative estimate of drug-likeness (QED) is 0.584. The van der Waals surface area contributed by atoms with Crippen molar-refractivity contribution < 1.29 is 23.0 Å². The van der Waals surface area contributed by atoms with E-state index in [-0.39, 0.29) is 11.3 Å². The third-order valence-corrected chi connectivity index (χ3v) is 2.99. The highest BCUT2D eigenvalue weighted by molar-refractivity contribution is 5.91. The average Bonchev–Trinajstić information content (AvgIpc) is 2.49. The zero-order valence-corrected chi connectivity index (χ0v) is 12.1. The summed E-state index contributed by atoms with van der Waals surface area (Å²) in [4.78, 5) is 11.9. The lowest BCUT2D eigenvalue weighted by Gasteiger charge is -2.07. The normalized spacial score (nSPS) is 10.5. The van der Waals surface area contributed by atoms with E-state index in [1.807, 2.05) is 12.1 Å². The number of hydrogen-bond donors (Lipinski definition) is 0. The van der Waals surface area contributed by atoms with Crippen molar-refractivity contribution in [1.29, 1.82) is 0 Å². The van der Waals surface area contributed by atoms with E-state index in [2.05, 4.69) is 11.7 Å². The van der Waals surface area contributed by atoms with Gasteiger partial charge in [0.25, 0.3) is 0 Å². The van der Waals surface area contributed by atoms with Gasteiger partial charge in [-0.15, -0.1) is 0 Å². The van der Waals surface area contributed by atoms with E-state index in [0.717, 1.165) is 12.8 Å². The minimum Gasteiger partial charge on any atom is -0.435 e. The van der Waals surface area contributed by atoms with Gasteiger partial charge in [0, 0.05) is 0 Å². The lowest BCUT2D eigenvalue weighted by molar-refractivity contribution is -0.0498. The molecule has 0 radical (unpaired) electrons. The van der Waals surface area contributed by atoms with Gasteiger partial charge < -0.3 is 9.47 Å². The Labute approximate surface area is 127 Å². The molecule has 0 saturated carbocycles. The van der Waals surface area contributed by atoms with E-state index >= 15 is 0 Å². The molecule has 116 valence electrons. The fraction of sp³-hybridized carbons (Fsp3) is 0.235. The molecular weight excluding hydrogens is 290 g/mol. The highest BCUT2D eigenvalue weighted by Crippen LogP contribution is 2.18. The van der Waals surface area contributed by atoms with Gasteiger partial charge in [0.1, 0.15) is 11.5 Å². The van der Waals surface area contributed by atoms with Crippen LogP contribution in [0.4, 0.5) is 8.78 Å². The van der Waals surface area contributed by atoms with E-state index in [0.29, 0.717) is 5.75 Å². The van der Waals surface area contributed by atoms with E-state index in [1.54, 1.807) is 12.1 Å². The van der Waals surface area contributed by atoms with Crippen molar-refractivity contribution in [1.82, 2.24) is 0 Å². The number of rotatable bonds is 6. The van der Waals surface area contributed by atoms with Crippen LogP contribution >= 0.6 is 0 Å². The molecule has 2 rings (SSSR count).